The third-order valence-electron chi connectivity index (χ3n) is 11.9. The molecule has 3 aromatic rings. The number of nitrogens with zero attached hydrogens (tertiary/aromatic N) is 4. The molecule has 14 heteroatoms. The van der Waals surface area contributed by atoms with Gasteiger partial charge in [0.05, 0.1) is 24.2 Å². The van der Waals surface area contributed by atoms with Gasteiger partial charge in [0.2, 0.25) is 0 Å². The van der Waals surface area contributed by atoms with Crippen molar-refractivity contribution in [3.63, 3.8) is 0 Å². The standard InChI is InChI=1S/C40H53N7O7/c1-3-53-35(48)25-44-15-8-28(9-16-44)29-10-17-45(18-11-29)37(49)34(24-27-22-26(2)36-33(23-27)41-38(50)43-36)54-40(52)46-19-13-31(14-20-46)47-21-12-30-6-4-5-7-32(30)42-39(47)51/h4-7,22-23,28-29,31,34H,3,8-21,24-25H2,1-2H3,(H,42,51)(H2,41,43,50)/t34-/m1/s1. The number of fused-ring (bicyclic) bond motifs is 2. The number of aromatic nitrogens is 2. The molecule has 4 aliphatic heterocycles. The summed E-state index contributed by atoms with van der Waals surface area (Å²) in [5.41, 5.74) is 4.65. The van der Waals surface area contributed by atoms with Crippen molar-refractivity contribution in [2.75, 3.05) is 64.3 Å². The van der Waals surface area contributed by atoms with Crippen molar-refractivity contribution in [3.05, 3.63) is 63.6 Å². The smallest absolute Gasteiger partial charge is 0.410 e. The van der Waals surface area contributed by atoms with E-state index in [-0.39, 0.29) is 36.1 Å². The molecule has 3 saturated heterocycles. The third kappa shape index (κ3) is 8.59. The Hall–Kier alpha value is -4.85. The van der Waals surface area contributed by atoms with Crippen LogP contribution in [0.4, 0.5) is 15.3 Å². The number of hydrogen-bond acceptors (Lipinski definition) is 8. The fourth-order valence-corrected chi connectivity index (χ4v) is 8.97. The maximum Gasteiger partial charge on any atom is 0.410 e. The van der Waals surface area contributed by atoms with Crippen LogP contribution in [0, 0.1) is 18.8 Å². The van der Waals surface area contributed by atoms with E-state index in [2.05, 4.69) is 20.2 Å². The lowest BCUT2D eigenvalue weighted by Gasteiger charge is -2.41. The summed E-state index contributed by atoms with van der Waals surface area (Å²) in [5, 5.41) is 3.05. The first-order valence-corrected chi connectivity index (χ1v) is 19.6. The largest absolute Gasteiger partial charge is 0.465 e. The quantitative estimate of drug-likeness (QED) is 0.274. The maximum atomic E-state index is 14.2. The molecule has 5 heterocycles. The summed E-state index contributed by atoms with van der Waals surface area (Å²) in [6.07, 6.45) is 4.41. The Morgan fingerprint density at radius 3 is 2.26 bits per heavy atom. The van der Waals surface area contributed by atoms with E-state index < -0.39 is 12.2 Å². The van der Waals surface area contributed by atoms with Crippen molar-refractivity contribution >= 4 is 40.7 Å². The van der Waals surface area contributed by atoms with Crippen LogP contribution in [0.3, 0.4) is 0 Å². The highest BCUT2D eigenvalue weighted by atomic mass is 16.6. The molecule has 0 aliphatic carbocycles. The van der Waals surface area contributed by atoms with Gasteiger partial charge < -0.3 is 39.5 Å². The zero-order chi connectivity index (χ0) is 37.8. The Morgan fingerprint density at radius 2 is 1.54 bits per heavy atom. The van der Waals surface area contributed by atoms with Gasteiger partial charge in [-0.25, -0.2) is 14.4 Å². The number of urea groups is 1. The number of anilines is 1. The fraction of sp³-hybridized carbons (Fsp3) is 0.575. The van der Waals surface area contributed by atoms with Gasteiger partial charge in [-0.15, -0.1) is 0 Å². The van der Waals surface area contributed by atoms with Crippen LogP contribution in [0.25, 0.3) is 11.0 Å². The number of para-hydroxylation sites is 1. The topological polar surface area (TPSA) is 160 Å². The number of H-pyrrole nitrogens is 2. The molecule has 54 heavy (non-hydrogen) atoms. The molecule has 2 aromatic carbocycles. The summed E-state index contributed by atoms with van der Waals surface area (Å²) >= 11 is 0. The molecule has 4 aliphatic rings. The molecule has 1 aromatic heterocycles. The van der Waals surface area contributed by atoms with Crippen LogP contribution in [-0.4, -0.2) is 125 Å². The zero-order valence-electron chi connectivity index (χ0n) is 31.4. The minimum atomic E-state index is -1.03. The van der Waals surface area contributed by atoms with E-state index in [1.165, 1.54) is 0 Å². The lowest BCUT2D eigenvalue weighted by molar-refractivity contribution is -0.144. The van der Waals surface area contributed by atoms with Crippen molar-refractivity contribution < 1.29 is 28.7 Å². The minimum absolute atomic E-state index is 0.00917. The molecule has 3 fully saturated rings. The molecule has 0 spiro atoms. The van der Waals surface area contributed by atoms with Gasteiger partial charge in [-0.05, 0) is 113 Å². The summed E-state index contributed by atoms with van der Waals surface area (Å²) in [6, 6.07) is 11.5. The van der Waals surface area contributed by atoms with Crippen molar-refractivity contribution in [2.24, 2.45) is 11.8 Å². The second-order valence-corrected chi connectivity index (χ2v) is 15.3. The molecular weight excluding hydrogens is 690 g/mol. The van der Waals surface area contributed by atoms with Crippen molar-refractivity contribution in [2.45, 2.75) is 77.4 Å². The first kappa shape index (κ1) is 37.5. The number of imidazole rings is 1. The Balaban J connectivity index is 0.974. The number of nitrogens with one attached hydrogen (secondary N) is 3. The van der Waals surface area contributed by atoms with Gasteiger partial charge in [0.25, 0.3) is 5.91 Å². The number of likely N-dealkylation sites (tertiary alicyclic amines) is 3. The third-order valence-corrected chi connectivity index (χ3v) is 11.9. The monoisotopic (exact) mass is 743 g/mol. The lowest BCUT2D eigenvalue weighted by atomic mass is 9.78. The molecule has 0 bridgehead atoms. The van der Waals surface area contributed by atoms with E-state index in [1.807, 2.05) is 60.0 Å². The Kier molecular flexibility index (Phi) is 11.6. The average Bonchev–Trinajstić information content (AvgIpc) is 3.47. The number of benzene rings is 2. The van der Waals surface area contributed by atoms with Crippen molar-refractivity contribution in [3.8, 4) is 0 Å². The number of carbonyl (C=O) groups excluding carboxylic acids is 4. The average molecular weight is 744 g/mol. The number of rotatable bonds is 9. The van der Waals surface area contributed by atoms with Gasteiger partial charge >= 0.3 is 23.8 Å². The maximum absolute atomic E-state index is 14.2. The van der Waals surface area contributed by atoms with E-state index >= 15 is 0 Å². The highest BCUT2D eigenvalue weighted by Crippen LogP contribution is 2.33. The Bertz CT molecular complexity index is 1880. The summed E-state index contributed by atoms with van der Waals surface area (Å²) in [6.45, 7) is 8.82. The van der Waals surface area contributed by atoms with E-state index in [9.17, 15) is 24.0 Å². The SMILES string of the molecule is CCOC(=O)CN1CCC(C2CCN(C(=O)[C@@H](Cc3cc(C)c4[nH]c(=O)[nH]c4c3)OC(=O)N3CCC(N4CCc5ccccc5NC4=O)CC3)CC2)CC1. The van der Waals surface area contributed by atoms with Gasteiger partial charge in [0, 0.05) is 50.9 Å². The number of aromatic amines is 2. The summed E-state index contributed by atoms with van der Waals surface area (Å²) in [5.74, 6) is 0.665. The van der Waals surface area contributed by atoms with Crippen LogP contribution in [0.5, 0.6) is 0 Å². The summed E-state index contributed by atoms with van der Waals surface area (Å²) < 4.78 is 11.2. The van der Waals surface area contributed by atoms with Gasteiger partial charge in [-0.2, -0.15) is 0 Å². The predicted octanol–water partition coefficient (Wildman–Crippen LogP) is 4.28. The number of piperidine rings is 3. The number of aryl methyl sites for hydroxylation is 1. The highest BCUT2D eigenvalue weighted by molar-refractivity contribution is 5.91. The summed E-state index contributed by atoms with van der Waals surface area (Å²) in [7, 11) is 0. The van der Waals surface area contributed by atoms with Crippen LogP contribution >= 0.6 is 0 Å². The number of ether oxygens (including phenoxy) is 2. The fourth-order valence-electron chi connectivity index (χ4n) is 8.97. The Labute approximate surface area is 315 Å². The molecule has 3 N–H and O–H groups in total. The number of hydrogen-bond donors (Lipinski definition) is 3. The number of amides is 4. The number of esters is 1. The molecule has 0 radical (unpaired) electrons. The van der Waals surface area contributed by atoms with Gasteiger partial charge in [0.1, 0.15) is 0 Å². The summed E-state index contributed by atoms with van der Waals surface area (Å²) in [4.78, 5) is 78.3. The second-order valence-electron chi connectivity index (χ2n) is 15.3. The van der Waals surface area contributed by atoms with Gasteiger partial charge in [0.15, 0.2) is 6.10 Å². The van der Waals surface area contributed by atoms with Crippen LogP contribution in [0.15, 0.2) is 41.2 Å². The van der Waals surface area contributed by atoms with Gasteiger partial charge in [-0.3, -0.25) is 14.5 Å². The molecule has 0 saturated carbocycles. The first-order chi connectivity index (χ1) is 26.1. The molecule has 7 rings (SSSR count). The molecular formula is C40H53N7O7. The lowest BCUT2D eigenvalue weighted by Crippen LogP contribution is -2.52. The number of carbonyl (C=O) groups is 4. The van der Waals surface area contributed by atoms with Crippen LogP contribution in [-0.2, 0) is 31.9 Å². The van der Waals surface area contributed by atoms with E-state index in [0.29, 0.717) is 81.6 Å². The Morgan fingerprint density at radius 1 is 0.852 bits per heavy atom. The molecule has 0 unspecified atom stereocenters. The predicted molar refractivity (Wildman–Crippen MR) is 203 cm³/mol. The second kappa shape index (κ2) is 16.7. The molecule has 14 nitrogen and oxygen atoms in total. The van der Waals surface area contributed by atoms with E-state index in [1.54, 1.807) is 4.90 Å². The van der Waals surface area contributed by atoms with Crippen LogP contribution in [0.1, 0.15) is 62.1 Å². The molecule has 1 atom stereocenters. The van der Waals surface area contributed by atoms with Gasteiger partial charge in [-0.1, -0.05) is 24.3 Å². The van der Waals surface area contributed by atoms with E-state index in [0.717, 1.165) is 67.6 Å². The van der Waals surface area contributed by atoms with Crippen LogP contribution < -0.4 is 11.0 Å². The van der Waals surface area contributed by atoms with Crippen LogP contribution in [0.2, 0.25) is 0 Å². The van der Waals surface area contributed by atoms with Crippen molar-refractivity contribution in [1.82, 2.24) is 29.6 Å². The highest BCUT2D eigenvalue weighted by Gasteiger charge is 2.37. The first-order valence-electron chi connectivity index (χ1n) is 19.6. The van der Waals surface area contributed by atoms with E-state index in [4.69, 9.17) is 9.47 Å². The molecule has 290 valence electrons. The normalized spacial score (nSPS) is 20.0. The minimum Gasteiger partial charge on any atom is -0.465 e. The zero-order valence-corrected chi connectivity index (χ0v) is 31.4. The van der Waals surface area contributed by atoms with Crippen molar-refractivity contribution in [1.29, 1.82) is 0 Å². The molecule has 4 amide bonds.